The number of aliphatic carboxylic acids is 2. The molecular formula is C10H17O6. The molecule has 6 heteroatoms. The average molecular weight is 233 g/mol. The number of aliphatic hydroxyl groups excluding tert-OH is 1. The predicted octanol–water partition coefficient (Wildman–Crippen LogP) is 0.154. The normalized spacial score (nSPS) is 14.4. The second kappa shape index (κ2) is 8.06. The highest BCUT2D eigenvalue weighted by atomic mass is 16.5. The Labute approximate surface area is 93.8 Å². The average Bonchev–Trinajstić information content (AvgIpc) is 2.14. The molecular weight excluding hydrogens is 216 g/mol. The van der Waals surface area contributed by atoms with Gasteiger partial charge in [-0.15, -0.1) is 0 Å². The molecule has 0 saturated heterocycles. The largest absolute Gasteiger partial charge is 0.481 e. The molecule has 0 heterocycles. The quantitative estimate of drug-likeness (QED) is 0.490. The van der Waals surface area contributed by atoms with Crippen LogP contribution < -0.4 is 0 Å². The number of hydrogen-bond acceptors (Lipinski definition) is 4. The van der Waals surface area contributed by atoms with Crippen LogP contribution in [0.3, 0.4) is 0 Å². The number of carboxylic acids is 2. The summed E-state index contributed by atoms with van der Waals surface area (Å²) in [6.45, 7) is 3.68. The summed E-state index contributed by atoms with van der Waals surface area (Å²) in [6.07, 6.45) is -0.590. The minimum Gasteiger partial charge on any atom is -0.481 e. The predicted molar refractivity (Wildman–Crippen MR) is 54.8 cm³/mol. The molecule has 0 fully saturated rings. The van der Waals surface area contributed by atoms with E-state index in [0.29, 0.717) is 6.42 Å². The van der Waals surface area contributed by atoms with Gasteiger partial charge < -0.3 is 20.1 Å². The Balaban J connectivity index is 3.56. The van der Waals surface area contributed by atoms with Crippen molar-refractivity contribution in [2.24, 2.45) is 5.92 Å². The van der Waals surface area contributed by atoms with Gasteiger partial charge in [0.15, 0.2) is 0 Å². The van der Waals surface area contributed by atoms with E-state index in [4.69, 9.17) is 20.1 Å². The van der Waals surface area contributed by atoms with Gasteiger partial charge in [-0.05, 0) is 19.8 Å². The smallest absolute Gasteiger partial charge is 0.309 e. The molecule has 0 amide bonds. The van der Waals surface area contributed by atoms with Gasteiger partial charge in [0, 0.05) is 19.6 Å². The number of carbonyl (C=O) groups is 2. The Bertz CT molecular complexity index is 225. The highest BCUT2D eigenvalue weighted by Gasteiger charge is 2.22. The molecule has 1 radical (unpaired) electrons. The van der Waals surface area contributed by atoms with Gasteiger partial charge in [-0.2, -0.15) is 0 Å². The fraction of sp³-hybridized carbons (Fsp3) is 0.700. The first-order valence-electron chi connectivity index (χ1n) is 4.98. The van der Waals surface area contributed by atoms with E-state index in [1.165, 1.54) is 0 Å². The van der Waals surface area contributed by atoms with Crippen molar-refractivity contribution < 1.29 is 29.6 Å². The van der Waals surface area contributed by atoms with E-state index in [0.717, 1.165) is 0 Å². The third kappa shape index (κ3) is 7.19. The van der Waals surface area contributed by atoms with E-state index in [-0.39, 0.29) is 26.1 Å². The molecule has 0 aromatic carbocycles. The van der Waals surface area contributed by atoms with Gasteiger partial charge in [0.25, 0.3) is 0 Å². The van der Waals surface area contributed by atoms with E-state index in [1.54, 1.807) is 0 Å². The Hall–Kier alpha value is -1.14. The van der Waals surface area contributed by atoms with Gasteiger partial charge in [-0.1, -0.05) is 0 Å². The summed E-state index contributed by atoms with van der Waals surface area (Å²) in [6, 6.07) is 0. The Morgan fingerprint density at radius 2 is 1.88 bits per heavy atom. The third-order valence-corrected chi connectivity index (χ3v) is 2.03. The monoisotopic (exact) mass is 233 g/mol. The van der Waals surface area contributed by atoms with Gasteiger partial charge in [0.1, 0.15) is 0 Å². The van der Waals surface area contributed by atoms with Crippen molar-refractivity contribution in [2.75, 3.05) is 13.2 Å². The maximum Gasteiger partial charge on any atom is 0.309 e. The fourth-order valence-electron chi connectivity index (χ4n) is 1.12. The summed E-state index contributed by atoms with van der Waals surface area (Å²) in [5.74, 6) is -2.95. The van der Waals surface area contributed by atoms with Crippen molar-refractivity contribution in [1.82, 2.24) is 0 Å². The van der Waals surface area contributed by atoms with Crippen LogP contribution in [0.4, 0.5) is 0 Å². The van der Waals surface area contributed by atoms with Crippen LogP contribution in [0.1, 0.15) is 19.3 Å². The number of ether oxygens (including phenoxy) is 1. The summed E-state index contributed by atoms with van der Waals surface area (Å²) in [5.41, 5.74) is 0. The lowest BCUT2D eigenvalue weighted by Crippen LogP contribution is -2.27. The van der Waals surface area contributed by atoms with E-state index in [2.05, 4.69) is 6.92 Å². The van der Waals surface area contributed by atoms with Crippen molar-refractivity contribution in [3.05, 3.63) is 6.92 Å². The molecule has 0 aliphatic heterocycles. The molecule has 0 aromatic heterocycles. The zero-order valence-electron chi connectivity index (χ0n) is 8.96. The first kappa shape index (κ1) is 14.9. The maximum atomic E-state index is 10.6. The van der Waals surface area contributed by atoms with E-state index >= 15 is 0 Å². The SMILES string of the molecule is [CH2]C(O)C(CCOCCCC(=O)O)C(=O)O. The summed E-state index contributed by atoms with van der Waals surface area (Å²) >= 11 is 0. The Morgan fingerprint density at radius 3 is 2.31 bits per heavy atom. The summed E-state index contributed by atoms with van der Waals surface area (Å²) in [7, 11) is 0. The van der Waals surface area contributed by atoms with Crippen LogP contribution in [-0.4, -0.2) is 46.6 Å². The second-order valence-electron chi connectivity index (χ2n) is 3.41. The van der Waals surface area contributed by atoms with Crippen molar-refractivity contribution in [3.8, 4) is 0 Å². The highest BCUT2D eigenvalue weighted by Crippen LogP contribution is 2.09. The van der Waals surface area contributed by atoms with Crippen LogP contribution in [0.25, 0.3) is 0 Å². The van der Waals surface area contributed by atoms with Crippen molar-refractivity contribution in [1.29, 1.82) is 0 Å². The highest BCUT2D eigenvalue weighted by molar-refractivity contribution is 5.70. The van der Waals surface area contributed by atoms with Crippen LogP contribution in [-0.2, 0) is 14.3 Å². The van der Waals surface area contributed by atoms with Crippen LogP contribution in [0.5, 0.6) is 0 Å². The first-order chi connectivity index (χ1) is 7.45. The molecule has 0 bridgehead atoms. The number of aliphatic hydroxyl groups is 1. The molecule has 0 saturated carbocycles. The van der Waals surface area contributed by atoms with Crippen LogP contribution in [0.15, 0.2) is 0 Å². The van der Waals surface area contributed by atoms with Gasteiger partial charge in [-0.25, -0.2) is 0 Å². The van der Waals surface area contributed by atoms with Gasteiger partial charge in [-0.3, -0.25) is 9.59 Å². The lowest BCUT2D eigenvalue weighted by Gasteiger charge is -2.14. The minimum atomic E-state index is -1.17. The van der Waals surface area contributed by atoms with Crippen molar-refractivity contribution >= 4 is 11.9 Å². The van der Waals surface area contributed by atoms with Crippen LogP contribution >= 0.6 is 0 Å². The van der Waals surface area contributed by atoms with E-state index in [1.807, 2.05) is 0 Å². The Morgan fingerprint density at radius 1 is 1.25 bits per heavy atom. The van der Waals surface area contributed by atoms with Gasteiger partial charge in [0.2, 0.25) is 0 Å². The topological polar surface area (TPSA) is 104 Å². The fourth-order valence-corrected chi connectivity index (χ4v) is 1.12. The number of hydrogen-bond donors (Lipinski definition) is 3. The number of rotatable bonds is 9. The minimum absolute atomic E-state index is 0.0281. The Kier molecular flexibility index (Phi) is 7.49. The molecule has 93 valence electrons. The maximum absolute atomic E-state index is 10.6. The van der Waals surface area contributed by atoms with E-state index < -0.39 is 24.0 Å². The molecule has 0 aliphatic rings. The molecule has 0 aliphatic carbocycles. The first-order valence-corrected chi connectivity index (χ1v) is 4.98. The van der Waals surface area contributed by atoms with Crippen molar-refractivity contribution in [2.45, 2.75) is 25.4 Å². The van der Waals surface area contributed by atoms with Crippen LogP contribution in [0, 0.1) is 12.8 Å². The molecule has 2 atom stereocenters. The molecule has 0 spiro atoms. The lowest BCUT2D eigenvalue weighted by atomic mass is 10.0. The van der Waals surface area contributed by atoms with Gasteiger partial charge in [0.05, 0.1) is 12.0 Å². The van der Waals surface area contributed by atoms with Crippen LogP contribution in [0.2, 0.25) is 0 Å². The lowest BCUT2D eigenvalue weighted by molar-refractivity contribution is -0.145. The summed E-state index contributed by atoms with van der Waals surface area (Å²) in [4.78, 5) is 20.8. The zero-order chi connectivity index (χ0) is 12.6. The van der Waals surface area contributed by atoms with Gasteiger partial charge >= 0.3 is 11.9 Å². The second-order valence-corrected chi connectivity index (χ2v) is 3.41. The standard InChI is InChI=1S/C10H17O6/c1-7(11)8(10(14)15)4-6-16-5-2-3-9(12)13/h7-8,11H,1-6H2,(H,12,13)(H,14,15). The third-order valence-electron chi connectivity index (χ3n) is 2.03. The summed E-state index contributed by atoms with van der Waals surface area (Å²) < 4.78 is 5.05. The van der Waals surface area contributed by atoms with Crippen molar-refractivity contribution in [3.63, 3.8) is 0 Å². The zero-order valence-corrected chi connectivity index (χ0v) is 8.96. The molecule has 0 rings (SSSR count). The number of carboxylic acid groups (broad SMARTS) is 2. The molecule has 16 heavy (non-hydrogen) atoms. The molecule has 2 unspecified atom stereocenters. The molecule has 0 aromatic rings. The summed E-state index contributed by atoms with van der Waals surface area (Å²) in [5, 5.41) is 26.0. The van der Waals surface area contributed by atoms with E-state index in [9.17, 15) is 9.59 Å². The molecule has 3 N–H and O–H groups in total. The molecule has 6 nitrogen and oxygen atoms in total.